The molecule has 0 aromatic heterocycles. The second-order valence-corrected chi connectivity index (χ2v) is 5.89. The van der Waals surface area contributed by atoms with E-state index in [1.165, 1.54) is 5.56 Å². The van der Waals surface area contributed by atoms with Crippen molar-refractivity contribution in [1.29, 1.82) is 0 Å². The number of rotatable bonds is 5. The molecule has 0 amide bonds. The number of para-hydroxylation sites is 1. The molecular weight excluding hydrogens is 316 g/mol. The Hall–Kier alpha value is -2.58. The molecular formula is C21H19ClN2. The third-order valence-corrected chi connectivity index (χ3v) is 4.10. The van der Waals surface area contributed by atoms with Gasteiger partial charge in [-0.05, 0) is 30.2 Å². The summed E-state index contributed by atoms with van der Waals surface area (Å²) in [6.07, 6.45) is 0.959. The van der Waals surface area contributed by atoms with Crippen LogP contribution in [0.1, 0.15) is 23.6 Å². The summed E-state index contributed by atoms with van der Waals surface area (Å²) in [7, 11) is 0. The highest BCUT2D eigenvalue weighted by atomic mass is 35.5. The number of halogens is 1. The number of nitrogens with one attached hydrogen (secondary N) is 1. The first-order valence-corrected chi connectivity index (χ1v) is 8.38. The van der Waals surface area contributed by atoms with Crippen molar-refractivity contribution >= 4 is 23.0 Å². The zero-order valence-corrected chi connectivity index (χ0v) is 14.3. The van der Waals surface area contributed by atoms with Crippen LogP contribution < -0.4 is 5.43 Å². The van der Waals surface area contributed by atoms with E-state index in [9.17, 15) is 0 Å². The van der Waals surface area contributed by atoms with Gasteiger partial charge in [-0.2, -0.15) is 5.10 Å². The van der Waals surface area contributed by atoms with E-state index >= 15 is 0 Å². The van der Waals surface area contributed by atoms with Crippen LogP contribution in [0, 0.1) is 0 Å². The van der Waals surface area contributed by atoms with Gasteiger partial charge in [-0.15, -0.1) is 0 Å². The van der Waals surface area contributed by atoms with E-state index < -0.39 is 0 Å². The third kappa shape index (κ3) is 3.84. The minimum absolute atomic E-state index is 0.718. The monoisotopic (exact) mass is 334 g/mol. The van der Waals surface area contributed by atoms with Crippen molar-refractivity contribution in [2.24, 2.45) is 5.10 Å². The zero-order valence-electron chi connectivity index (χ0n) is 13.5. The van der Waals surface area contributed by atoms with Crippen LogP contribution in [0.15, 0.2) is 84.0 Å². The van der Waals surface area contributed by atoms with Gasteiger partial charge in [0.25, 0.3) is 0 Å². The van der Waals surface area contributed by atoms with Crippen LogP contribution in [0.5, 0.6) is 0 Å². The van der Waals surface area contributed by atoms with Gasteiger partial charge in [-0.25, -0.2) is 0 Å². The molecule has 0 aliphatic carbocycles. The molecule has 0 aliphatic heterocycles. The largest absolute Gasteiger partial charge is 0.278 e. The van der Waals surface area contributed by atoms with E-state index in [1.54, 1.807) is 0 Å². The number of hydrazone groups is 1. The smallest absolute Gasteiger partial charge is 0.0977 e. The lowest BCUT2D eigenvalue weighted by Crippen LogP contribution is -2.07. The van der Waals surface area contributed by atoms with Crippen LogP contribution in [0.25, 0.3) is 0 Å². The molecule has 120 valence electrons. The van der Waals surface area contributed by atoms with Crippen molar-refractivity contribution < 1.29 is 0 Å². The quantitative estimate of drug-likeness (QED) is 0.465. The van der Waals surface area contributed by atoms with Gasteiger partial charge < -0.3 is 0 Å². The second kappa shape index (κ2) is 7.80. The third-order valence-electron chi connectivity index (χ3n) is 3.85. The lowest BCUT2D eigenvalue weighted by Gasteiger charge is -2.11. The summed E-state index contributed by atoms with van der Waals surface area (Å²) in [5, 5.41) is 5.41. The Labute approximate surface area is 147 Å². The van der Waals surface area contributed by atoms with E-state index in [0.29, 0.717) is 0 Å². The van der Waals surface area contributed by atoms with Crippen molar-refractivity contribution in [1.82, 2.24) is 0 Å². The SMILES string of the molecule is CCc1ccccc1NN=C(c1ccccc1)c1ccc(Cl)cc1. The minimum atomic E-state index is 0.718. The second-order valence-electron chi connectivity index (χ2n) is 5.46. The van der Waals surface area contributed by atoms with Crippen LogP contribution in [0.2, 0.25) is 5.02 Å². The van der Waals surface area contributed by atoms with E-state index in [0.717, 1.165) is 34.0 Å². The summed E-state index contributed by atoms with van der Waals surface area (Å²) < 4.78 is 0. The number of benzene rings is 3. The van der Waals surface area contributed by atoms with E-state index in [2.05, 4.69) is 30.5 Å². The van der Waals surface area contributed by atoms with Gasteiger partial charge in [0.1, 0.15) is 0 Å². The fourth-order valence-corrected chi connectivity index (χ4v) is 2.68. The Kier molecular flexibility index (Phi) is 5.29. The zero-order chi connectivity index (χ0) is 16.8. The van der Waals surface area contributed by atoms with Crippen molar-refractivity contribution in [2.75, 3.05) is 5.43 Å². The molecule has 0 saturated carbocycles. The lowest BCUT2D eigenvalue weighted by molar-refractivity contribution is 1.13. The number of aryl methyl sites for hydroxylation is 1. The molecule has 3 aromatic rings. The highest BCUT2D eigenvalue weighted by Gasteiger charge is 2.07. The molecule has 3 heteroatoms. The topological polar surface area (TPSA) is 24.4 Å². The average molecular weight is 335 g/mol. The predicted molar refractivity (Wildman–Crippen MR) is 103 cm³/mol. The first kappa shape index (κ1) is 16.3. The normalized spacial score (nSPS) is 11.3. The summed E-state index contributed by atoms with van der Waals surface area (Å²) in [5.41, 5.74) is 8.47. The first-order valence-electron chi connectivity index (χ1n) is 8.01. The Balaban J connectivity index is 2.00. The molecule has 0 fully saturated rings. The predicted octanol–water partition coefficient (Wildman–Crippen LogP) is 5.77. The molecule has 0 aliphatic rings. The Bertz CT molecular complexity index is 824. The van der Waals surface area contributed by atoms with Gasteiger partial charge in [0.05, 0.1) is 11.4 Å². The van der Waals surface area contributed by atoms with Crippen molar-refractivity contribution in [3.8, 4) is 0 Å². The van der Waals surface area contributed by atoms with Crippen molar-refractivity contribution in [3.05, 3.63) is 101 Å². The molecule has 1 N–H and O–H groups in total. The summed E-state index contributed by atoms with van der Waals surface area (Å²) in [5.74, 6) is 0. The molecule has 0 unspecified atom stereocenters. The number of hydrogen-bond acceptors (Lipinski definition) is 2. The number of nitrogens with zero attached hydrogens (tertiary/aromatic N) is 1. The maximum atomic E-state index is 6.02. The van der Waals surface area contributed by atoms with Gasteiger partial charge in [0.15, 0.2) is 0 Å². The molecule has 0 atom stereocenters. The summed E-state index contributed by atoms with van der Waals surface area (Å²) in [6.45, 7) is 2.14. The van der Waals surface area contributed by atoms with Gasteiger partial charge in [-0.3, -0.25) is 5.43 Å². The Morgan fingerprint density at radius 1 is 0.833 bits per heavy atom. The van der Waals surface area contributed by atoms with E-state index in [4.69, 9.17) is 16.7 Å². The Morgan fingerprint density at radius 3 is 2.17 bits per heavy atom. The minimum Gasteiger partial charge on any atom is -0.278 e. The molecule has 0 spiro atoms. The van der Waals surface area contributed by atoms with Crippen molar-refractivity contribution in [2.45, 2.75) is 13.3 Å². The van der Waals surface area contributed by atoms with Gasteiger partial charge >= 0.3 is 0 Å². The van der Waals surface area contributed by atoms with Crippen LogP contribution in [-0.4, -0.2) is 5.71 Å². The van der Waals surface area contributed by atoms with Gasteiger partial charge in [-0.1, -0.05) is 79.2 Å². The van der Waals surface area contributed by atoms with E-state index in [-0.39, 0.29) is 0 Å². The lowest BCUT2D eigenvalue weighted by atomic mass is 10.0. The fraction of sp³-hybridized carbons (Fsp3) is 0.0952. The maximum absolute atomic E-state index is 6.02. The van der Waals surface area contributed by atoms with Crippen LogP contribution in [-0.2, 0) is 6.42 Å². The van der Waals surface area contributed by atoms with E-state index in [1.807, 2.05) is 60.7 Å². The molecule has 0 radical (unpaired) electrons. The first-order chi connectivity index (χ1) is 11.8. The molecule has 3 rings (SSSR count). The number of hydrogen-bond donors (Lipinski definition) is 1. The van der Waals surface area contributed by atoms with Crippen molar-refractivity contribution in [3.63, 3.8) is 0 Å². The molecule has 24 heavy (non-hydrogen) atoms. The molecule has 0 bridgehead atoms. The summed E-state index contributed by atoms with van der Waals surface area (Å²) >= 11 is 6.02. The maximum Gasteiger partial charge on any atom is 0.0977 e. The van der Waals surface area contributed by atoms with Gasteiger partial charge in [0.2, 0.25) is 0 Å². The molecule has 0 heterocycles. The van der Waals surface area contributed by atoms with Crippen LogP contribution in [0.4, 0.5) is 5.69 Å². The Morgan fingerprint density at radius 2 is 1.46 bits per heavy atom. The summed E-state index contributed by atoms with van der Waals surface area (Å²) in [6, 6.07) is 26.1. The highest BCUT2D eigenvalue weighted by Crippen LogP contribution is 2.18. The molecule has 0 saturated heterocycles. The molecule has 2 nitrogen and oxygen atoms in total. The highest BCUT2D eigenvalue weighted by molar-refractivity contribution is 6.30. The fourth-order valence-electron chi connectivity index (χ4n) is 2.55. The molecule has 3 aromatic carbocycles. The van der Waals surface area contributed by atoms with Gasteiger partial charge in [0, 0.05) is 16.1 Å². The number of anilines is 1. The average Bonchev–Trinajstić information content (AvgIpc) is 2.64. The van der Waals surface area contributed by atoms with Crippen LogP contribution in [0.3, 0.4) is 0 Å². The van der Waals surface area contributed by atoms with Crippen LogP contribution >= 0.6 is 11.6 Å². The summed E-state index contributed by atoms with van der Waals surface area (Å²) in [4.78, 5) is 0. The standard InChI is InChI=1S/C21H19ClN2/c1-2-16-8-6-7-11-20(16)23-24-21(17-9-4-3-5-10-17)18-12-14-19(22)15-13-18/h3-15,23H,2H2,1H3.